The van der Waals surface area contributed by atoms with Gasteiger partial charge in [0.15, 0.2) is 11.5 Å². The van der Waals surface area contributed by atoms with E-state index in [0.29, 0.717) is 35.9 Å². The van der Waals surface area contributed by atoms with Gasteiger partial charge in [-0.3, -0.25) is 9.59 Å². The number of carbonyl (C=O) groups excluding carboxylic acids is 2. The lowest BCUT2D eigenvalue weighted by molar-refractivity contribution is -0.135. The Bertz CT molecular complexity index is 652. The first-order chi connectivity index (χ1) is 12.4. The molecular formula is C19H28N2O5. The van der Waals surface area contributed by atoms with Gasteiger partial charge in [-0.05, 0) is 25.0 Å². The highest BCUT2D eigenvalue weighted by Crippen LogP contribution is 2.39. The third kappa shape index (κ3) is 4.20. The van der Waals surface area contributed by atoms with Crippen LogP contribution >= 0.6 is 0 Å². The smallest absolute Gasteiger partial charge is 0.255 e. The SMILES string of the molecule is COc1ccc(C(=O)NC2CCN(C(=O)C(C)C)CC2)c(OC)c1OC. The maximum Gasteiger partial charge on any atom is 0.255 e. The molecule has 0 saturated carbocycles. The van der Waals surface area contributed by atoms with Crippen LogP contribution in [0.4, 0.5) is 0 Å². The second-order valence-electron chi connectivity index (χ2n) is 6.61. The monoisotopic (exact) mass is 364 g/mol. The summed E-state index contributed by atoms with van der Waals surface area (Å²) in [5.41, 5.74) is 0.394. The van der Waals surface area contributed by atoms with Gasteiger partial charge in [-0.2, -0.15) is 0 Å². The lowest BCUT2D eigenvalue weighted by atomic mass is 10.0. The molecule has 144 valence electrons. The van der Waals surface area contributed by atoms with Gasteiger partial charge in [-0.25, -0.2) is 0 Å². The summed E-state index contributed by atoms with van der Waals surface area (Å²) >= 11 is 0. The van der Waals surface area contributed by atoms with Crippen LogP contribution in [0.3, 0.4) is 0 Å². The summed E-state index contributed by atoms with van der Waals surface area (Å²) in [5, 5.41) is 3.03. The Morgan fingerprint density at radius 3 is 2.15 bits per heavy atom. The average Bonchev–Trinajstić information content (AvgIpc) is 2.66. The summed E-state index contributed by atoms with van der Waals surface area (Å²) in [6.45, 7) is 5.12. The van der Waals surface area contributed by atoms with Gasteiger partial charge in [0.1, 0.15) is 0 Å². The zero-order chi connectivity index (χ0) is 19.3. The fourth-order valence-electron chi connectivity index (χ4n) is 3.15. The van der Waals surface area contributed by atoms with Crippen LogP contribution in [0, 0.1) is 5.92 Å². The molecule has 1 aliphatic heterocycles. The Balaban J connectivity index is 2.06. The highest BCUT2D eigenvalue weighted by molar-refractivity contribution is 5.98. The summed E-state index contributed by atoms with van der Waals surface area (Å²) in [6.07, 6.45) is 1.47. The van der Waals surface area contributed by atoms with Gasteiger partial charge in [0, 0.05) is 25.0 Å². The molecule has 7 heteroatoms. The molecule has 0 atom stereocenters. The number of likely N-dealkylation sites (tertiary alicyclic amines) is 1. The topological polar surface area (TPSA) is 77.1 Å². The largest absolute Gasteiger partial charge is 0.493 e. The van der Waals surface area contributed by atoms with Crippen molar-refractivity contribution in [2.75, 3.05) is 34.4 Å². The molecule has 1 aromatic carbocycles. The molecule has 1 heterocycles. The number of benzene rings is 1. The Morgan fingerprint density at radius 2 is 1.65 bits per heavy atom. The predicted molar refractivity (Wildman–Crippen MR) is 98.0 cm³/mol. The van der Waals surface area contributed by atoms with Gasteiger partial charge in [-0.1, -0.05) is 13.8 Å². The number of hydrogen-bond acceptors (Lipinski definition) is 5. The van der Waals surface area contributed by atoms with Crippen LogP contribution in [0.25, 0.3) is 0 Å². The van der Waals surface area contributed by atoms with Gasteiger partial charge in [0.2, 0.25) is 11.7 Å². The molecule has 0 aromatic heterocycles. The zero-order valence-electron chi connectivity index (χ0n) is 16.1. The van der Waals surface area contributed by atoms with Crippen molar-refractivity contribution in [3.05, 3.63) is 17.7 Å². The normalized spacial score (nSPS) is 14.9. The van der Waals surface area contributed by atoms with E-state index in [1.54, 1.807) is 12.1 Å². The molecule has 2 amide bonds. The predicted octanol–water partition coefficient (Wildman–Crippen LogP) is 2.09. The van der Waals surface area contributed by atoms with Crippen LogP contribution in [0.5, 0.6) is 17.2 Å². The highest BCUT2D eigenvalue weighted by atomic mass is 16.5. The number of carbonyl (C=O) groups is 2. The molecule has 7 nitrogen and oxygen atoms in total. The Labute approximate surface area is 154 Å². The number of piperidine rings is 1. The Hall–Kier alpha value is -2.44. The number of hydrogen-bond donors (Lipinski definition) is 1. The molecule has 0 aliphatic carbocycles. The van der Waals surface area contributed by atoms with Gasteiger partial charge in [-0.15, -0.1) is 0 Å². The molecule has 1 aromatic rings. The third-order valence-corrected chi connectivity index (χ3v) is 4.58. The van der Waals surface area contributed by atoms with E-state index in [1.807, 2.05) is 18.7 Å². The molecular weight excluding hydrogens is 336 g/mol. The number of amides is 2. The van der Waals surface area contributed by atoms with Crippen LogP contribution in [-0.2, 0) is 4.79 Å². The van der Waals surface area contributed by atoms with E-state index in [9.17, 15) is 9.59 Å². The molecule has 1 aliphatic rings. The quantitative estimate of drug-likeness (QED) is 0.836. The van der Waals surface area contributed by atoms with Gasteiger partial charge >= 0.3 is 0 Å². The minimum atomic E-state index is -0.226. The first-order valence-corrected chi connectivity index (χ1v) is 8.81. The van der Waals surface area contributed by atoms with Crippen LogP contribution in [-0.4, -0.2) is 57.2 Å². The molecule has 1 N–H and O–H groups in total. The summed E-state index contributed by atoms with van der Waals surface area (Å²) < 4.78 is 15.9. The number of methoxy groups -OCH3 is 3. The van der Waals surface area contributed by atoms with Crippen molar-refractivity contribution in [2.45, 2.75) is 32.7 Å². The zero-order valence-corrected chi connectivity index (χ0v) is 16.1. The standard InChI is InChI=1S/C19H28N2O5/c1-12(2)19(23)21-10-8-13(9-11-21)20-18(22)14-6-7-15(24-3)17(26-5)16(14)25-4/h6-7,12-13H,8-11H2,1-5H3,(H,20,22). The Kier molecular flexibility index (Phi) is 6.71. The molecule has 26 heavy (non-hydrogen) atoms. The van der Waals surface area contributed by atoms with Crippen molar-refractivity contribution < 1.29 is 23.8 Å². The van der Waals surface area contributed by atoms with Gasteiger partial charge in [0.25, 0.3) is 5.91 Å². The molecule has 2 rings (SSSR count). The molecule has 1 fully saturated rings. The Morgan fingerprint density at radius 1 is 1.04 bits per heavy atom. The number of rotatable bonds is 6. The first-order valence-electron chi connectivity index (χ1n) is 8.81. The first kappa shape index (κ1) is 19.9. The lowest BCUT2D eigenvalue weighted by Gasteiger charge is -2.33. The molecule has 0 bridgehead atoms. The van der Waals surface area contributed by atoms with Gasteiger partial charge < -0.3 is 24.4 Å². The summed E-state index contributed by atoms with van der Waals surface area (Å²) in [7, 11) is 4.52. The number of ether oxygens (including phenoxy) is 3. The van der Waals surface area contributed by atoms with Crippen LogP contribution in [0.15, 0.2) is 12.1 Å². The number of nitrogens with zero attached hydrogens (tertiary/aromatic N) is 1. The minimum Gasteiger partial charge on any atom is -0.493 e. The van der Waals surface area contributed by atoms with Crippen molar-refractivity contribution >= 4 is 11.8 Å². The van der Waals surface area contributed by atoms with Crippen molar-refractivity contribution in [2.24, 2.45) is 5.92 Å². The molecule has 0 spiro atoms. The van der Waals surface area contributed by atoms with Crippen LogP contribution < -0.4 is 19.5 Å². The van der Waals surface area contributed by atoms with Crippen LogP contribution in [0.1, 0.15) is 37.0 Å². The van der Waals surface area contributed by atoms with Gasteiger partial charge in [0.05, 0.1) is 26.9 Å². The highest BCUT2D eigenvalue weighted by Gasteiger charge is 2.27. The molecule has 0 unspecified atom stereocenters. The molecule has 0 radical (unpaired) electrons. The fourth-order valence-corrected chi connectivity index (χ4v) is 3.15. The van der Waals surface area contributed by atoms with Crippen molar-refractivity contribution in [1.82, 2.24) is 10.2 Å². The van der Waals surface area contributed by atoms with Crippen molar-refractivity contribution in [1.29, 1.82) is 0 Å². The summed E-state index contributed by atoms with van der Waals surface area (Å²) in [4.78, 5) is 26.6. The fraction of sp³-hybridized carbons (Fsp3) is 0.579. The molecule has 1 saturated heterocycles. The van der Waals surface area contributed by atoms with E-state index in [2.05, 4.69) is 5.32 Å². The van der Waals surface area contributed by atoms with E-state index in [4.69, 9.17) is 14.2 Å². The second kappa shape index (κ2) is 8.78. The second-order valence-corrected chi connectivity index (χ2v) is 6.61. The maximum absolute atomic E-state index is 12.7. The lowest BCUT2D eigenvalue weighted by Crippen LogP contribution is -2.47. The maximum atomic E-state index is 12.7. The van der Waals surface area contributed by atoms with Crippen molar-refractivity contribution in [3.8, 4) is 17.2 Å². The van der Waals surface area contributed by atoms with Crippen molar-refractivity contribution in [3.63, 3.8) is 0 Å². The van der Waals surface area contributed by atoms with E-state index in [0.717, 1.165) is 12.8 Å². The van der Waals surface area contributed by atoms with E-state index in [1.165, 1.54) is 21.3 Å². The van der Waals surface area contributed by atoms with E-state index in [-0.39, 0.29) is 23.8 Å². The summed E-state index contributed by atoms with van der Waals surface area (Å²) in [6, 6.07) is 3.36. The van der Waals surface area contributed by atoms with E-state index >= 15 is 0 Å². The minimum absolute atomic E-state index is 0.00262. The summed E-state index contributed by atoms with van der Waals surface area (Å²) in [5.74, 6) is 1.17. The van der Waals surface area contributed by atoms with Crippen LogP contribution in [0.2, 0.25) is 0 Å². The number of nitrogens with one attached hydrogen (secondary N) is 1. The third-order valence-electron chi connectivity index (χ3n) is 4.58. The average molecular weight is 364 g/mol. The van der Waals surface area contributed by atoms with E-state index < -0.39 is 0 Å².